The van der Waals surface area contributed by atoms with Gasteiger partial charge < -0.3 is 4.74 Å². The number of sulfone groups is 1. The van der Waals surface area contributed by atoms with Crippen LogP contribution >= 0.6 is 11.6 Å². The van der Waals surface area contributed by atoms with Crippen molar-refractivity contribution in [1.29, 1.82) is 0 Å². The maximum Gasteiger partial charge on any atom is 0.147 e. The second-order valence-corrected chi connectivity index (χ2v) is 6.43. The Morgan fingerprint density at radius 1 is 1.42 bits per heavy atom. The van der Waals surface area contributed by atoms with Crippen molar-refractivity contribution in [2.45, 2.75) is 6.42 Å². The summed E-state index contributed by atoms with van der Waals surface area (Å²) < 4.78 is 40.4. The van der Waals surface area contributed by atoms with Gasteiger partial charge in [0.1, 0.15) is 21.4 Å². The van der Waals surface area contributed by atoms with E-state index in [1.54, 1.807) is 0 Å². The van der Waals surface area contributed by atoms with Gasteiger partial charge in [-0.2, -0.15) is 0 Å². The zero-order valence-corrected chi connectivity index (χ0v) is 12.0. The van der Waals surface area contributed by atoms with Crippen molar-refractivity contribution in [1.82, 2.24) is 0 Å². The van der Waals surface area contributed by atoms with Crippen LogP contribution in [0.15, 0.2) is 18.2 Å². The molecule has 0 spiro atoms. The molecular weight excluding hydrogens is 291 g/mol. The second kappa shape index (κ2) is 7.37. The van der Waals surface area contributed by atoms with Gasteiger partial charge in [-0.3, -0.25) is 0 Å². The Balaban J connectivity index is 2.68. The van der Waals surface area contributed by atoms with E-state index in [2.05, 4.69) is 11.8 Å². The van der Waals surface area contributed by atoms with Crippen LogP contribution in [0.4, 0.5) is 4.39 Å². The van der Waals surface area contributed by atoms with Gasteiger partial charge in [-0.1, -0.05) is 11.8 Å². The van der Waals surface area contributed by atoms with Gasteiger partial charge in [0.25, 0.3) is 0 Å². The fourth-order valence-corrected chi connectivity index (χ4v) is 2.06. The fourth-order valence-electron chi connectivity index (χ4n) is 1.35. The predicted octanol–water partition coefficient (Wildman–Crippen LogP) is 2.23. The predicted molar refractivity (Wildman–Crippen MR) is 73.8 cm³/mol. The summed E-state index contributed by atoms with van der Waals surface area (Å²) in [7, 11) is -3.01. The first kappa shape index (κ1) is 15.8. The minimum absolute atomic E-state index is 0.0327. The van der Waals surface area contributed by atoms with Gasteiger partial charge in [0, 0.05) is 12.3 Å². The SMILES string of the molecule is CS(=O)(=O)CCCOc1cc(F)ccc1C#CCCl. The zero-order chi connectivity index (χ0) is 14.3. The lowest BCUT2D eigenvalue weighted by atomic mass is 10.2. The molecule has 0 aromatic heterocycles. The normalized spacial score (nSPS) is 10.7. The summed E-state index contributed by atoms with van der Waals surface area (Å²) >= 11 is 5.46. The molecule has 0 aliphatic carbocycles. The van der Waals surface area contributed by atoms with E-state index in [1.807, 2.05) is 0 Å². The first-order valence-corrected chi connectivity index (χ1v) is 8.17. The van der Waals surface area contributed by atoms with Gasteiger partial charge >= 0.3 is 0 Å². The van der Waals surface area contributed by atoms with Crippen LogP contribution in [-0.2, 0) is 9.84 Å². The van der Waals surface area contributed by atoms with Gasteiger partial charge in [0.15, 0.2) is 0 Å². The largest absolute Gasteiger partial charge is 0.492 e. The van der Waals surface area contributed by atoms with E-state index in [1.165, 1.54) is 18.2 Å². The molecule has 1 rings (SSSR count). The number of benzene rings is 1. The summed E-state index contributed by atoms with van der Waals surface area (Å²) in [6.45, 7) is 0.187. The van der Waals surface area contributed by atoms with Crippen molar-refractivity contribution in [2.75, 3.05) is 24.5 Å². The average Bonchev–Trinajstić information content (AvgIpc) is 2.32. The van der Waals surface area contributed by atoms with E-state index in [-0.39, 0.29) is 18.2 Å². The fraction of sp³-hybridized carbons (Fsp3) is 0.385. The van der Waals surface area contributed by atoms with Crippen LogP contribution < -0.4 is 4.74 Å². The van der Waals surface area contributed by atoms with Gasteiger partial charge in [0.05, 0.1) is 23.8 Å². The minimum Gasteiger partial charge on any atom is -0.492 e. The lowest BCUT2D eigenvalue weighted by molar-refractivity contribution is 0.315. The van der Waals surface area contributed by atoms with Crippen LogP contribution in [0.1, 0.15) is 12.0 Å². The average molecular weight is 305 g/mol. The van der Waals surface area contributed by atoms with E-state index < -0.39 is 15.7 Å². The van der Waals surface area contributed by atoms with Gasteiger partial charge in [0.2, 0.25) is 0 Å². The van der Waals surface area contributed by atoms with Crippen molar-refractivity contribution in [2.24, 2.45) is 0 Å². The lowest BCUT2D eigenvalue weighted by Crippen LogP contribution is -2.08. The van der Waals surface area contributed by atoms with Crippen LogP contribution in [0.2, 0.25) is 0 Å². The van der Waals surface area contributed by atoms with E-state index in [0.29, 0.717) is 17.7 Å². The Kier molecular flexibility index (Phi) is 6.13. The van der Waals surface area contributed by atoms with Gasteiger partial charge in [-0.05, 0) is 18.6 Å². The Labute approximate surface area is 117 Å². The van der Waals surface area contributed by atoms with Crippen LogP contribution in [-0.4, -0.2) is 32.9 Å². The molecule has 0 radical (unpaired) electrons. The highest BCUT2D eigenvalue weighted by Crippen LogP contribution is 2.19. The number of rotatable bonds is 5. The summed E-state index contributed by atoms with van der Waals surface area (Å²) in [5, 5.41) is 0. The molecule has 0 aliphatic heterocycles. The van der Waals surface area contributed by atoms with Crippen LogP contribution in [0.3, 0.4) is 0 Å². The van der Waals surface area contributed by atoms with Crippen molar-refractivity contribution in [3.63, 3.8) is 0 Å². The number of hydrogen-bond acceptors (Lipinski definition) is 3. The molecule has 6 heteroatoms. The molecule has 19 heavy (non-hydrogen) atoms. The molecule has 0 fully saturated rings. The monoisotopic (exact) mass is 304 g/mol. The van der Waals surface area contributed by atoms with Crippen LogP contribution in [0.5, 0.6) is 5.75 Å². The molecule has 104 valence electrons. The molecular formula is C13H14ClFO3S. The third-order valence-corrected chi connectivity index (χ3v) is 3.31. The third kappa shape index (κ3) is 6.46. The number of alkyl halides is 1. The summed E-state index contributed by atoms with van der Waals surface area (Å²) in [5.74, 6) is 5.48. The number of halogens is 2. The molecule has 0 unspecified atom stereocenters. The Morgan fingerprint density at radius 2 is 2.16 bits per heavy atom. The molecule has 0 atom stereocenters. The molecule has 0 aliphatic rings. The van der Waals surface area contributed by atoms with Crippen LogP contribution in [0.25, 0.3) is 0 Å². The lowest BCUT2D eigenvalue weighted by Gasteiger charge is -2.08. The highest BCUT2D eigenvalue weighted by molar-refractivity contribution is 7.90. The number of ether oxygens (including phenoxy) is 1. The summed E-state index contributed by atoms with van der Waals surface area (Å²) in [5.41, 5.74) is 0.529. The van der Waals surface area contributed by atoms with E-state index in [4.69, 9.17) is 16.3 Å². The molecule has 0 amide bonds. The van der Waals surface area contributed by atoms with Gasteiger partial charge in [-0.15, -0.1) is 11.6 Å². The Hall–Kier alpha value is -1.25. The van der Waals surface area contributed by atoms with Crippen molar-refractivity contribution >= 4 is 21.4 Å². The standard InChI is InChI=1S/C13H14ClFO3S/c1-19(16,17)9-3-8-18-13-10-12(15)6-5-11(13)4-2-7-14/h5-6,10H,3,7-9H2,1H3. The highest BCUT2D eigenvalue weighted by Gasteiger charge is 2.05. The van der Waals surface area contributed by atoms with Gasteiger partial charge in [-0.25, -0.2) is 12.8 Å². The van der Waals surface area contributed by atoms with Crippen LogP contribution in [0, 0.1) is 17.7 Å². The quantitative estimate of drug-likeness (QED) is 0.476. The molecule has 0 saturated carbocycles. The van der Waals surface area contributed by atoms with E-state index in [0.717, 1.165) is 6.26 Å². The first-order valence-electron chi connectivity index (χ1n) is 5.57. The Bertz CT molecular complexity index is 588. The van der Waals surface area contributed by atoms with Crippen molar-refractivity contribution in [3.8, 4) is 17.6 Å². The molecule has 0 saturated heterocycles. The molecule has 0 N–H and O–H groups in total. The molecule has 0 bridgehead atoms. The molecule has 1 aromatic carbocycles. The molecule has 0 heterocycles. The second-order valence-electron chi connectivity index (χ2n) is 3.91. The minimum atomic E-state index is -3.01. The Morgan fingerprint density at radius 3 is 2.79 bits per heavy atom. The van der Waals surface area contributed by atoms with Crippen molar-refractivity contribution in [3.05, 3.63) is 29.6 Å². The molecule has 1 aromatic rings. The third-order valence-electron chi connectivity index (χ3n) is 2.15. The summed E-state index contributed by atoms with van der Waals surface area (Å²) in [4.78, 5) is 0. The van der Waals surface area contributed by atoms with E-state index in [9.17, 15) is 12.8 Å². The zero-order valence-electron chi connectivity index (χ0n) is 10.4. The molecule has 3 nitrogen and oxygen atoms in total. The number of hydrogen-bond donors (Lipinski definition) is 0. The highest BCUT2D eigenvalue weighted by atomic mass is 35.5. The van der Waals surface area contributed by atoms with E-state index >= 15 is 0 Å². The maximum absolute atomic E-state index is 13.1. The smallest absolute Gasteiger partial charge is 0.147 e. The topological polar surface area (TPSA) is 43.4 Å². The first-order chi connectivity index (χ1) is 8.92. The van der Waals surface area contributed by atoms with Crippen molar-refractivity contribution < 1.29 is 17.5 Å². The summed E-state index contributed by atoms with van der Waals surface area (Å²) in [6, 6.07) is 4.00. The maximum atomic E-state index is 13.1. The summed E-state index contributed by atoms with van der Waals surface area (Å²) in [6.07, 6.45) is 1.50.